The SMILES string of the molecule is COC(=O)C1(NCC2CCCO2)Cc2ccc(Cl)cc2C1. The summed E-state index contributed by atoms with van der Waals surface area (Å²) in [4.78, 5) is 12.3. The fourth-order valence-electron chi connectivity index (χ4n) is 3.30. The van der Waals surface area contributed by atoms with Crippen LogP contribution in [0.15, 0.2) is 18.2 Å². The molecule has 21 heavy (non-hydrogen) atoms. The number of carbonyl (C=O) groups is 1. The van der Waals surface area contributed by atoms with Crippen LogP contribution in [-0.2, 0) is 27.1 Å². The van der Waals surface area contributed by atoms with Gasteiger partial charge in [-0.25, -0.2) is 0 Å². The standard InChI is InChI=1S/C16H20ClNO3/c1-20-15(19)16(18-10-14-3-2-6-21-14)8-11-4-5-13(17)7-12(11)9-16/h4-5,7,14,18H,2-3,6,8-10H2,1H3. The molecule has 2 aliphatic rings. The van der Waals surface area contributed by atoms with Gasteiger partial charge in [-0.05, 0) is 36.1 Å². The van der Waals surface area contributed by atoms with E-state index in [-0.39, 0.29) is 12.1 Å². The Morgan fingerprint density at radius 2 is 2.29 bits per heavy atom. The summed E-state index contributed by atoms with van der Waals surface area (Å²) in [5.41, 5.74) is 1.59. The molecular weight excluding hydrogens is 290 g/mol. The molecule has 1 heterocycles. The summed E-state index contributed by atoms with van der Waals surface area (Å²) < 4.78 is 10.7. The molecule has 3 rings (SSSR count). The minimum atomic E-state index is -0.687. The summed E-state index contributed by atoms with van der Waals surface area (Å²) in [6.45, 7) is 1.49. The number of esters is 1. The van der Waals surface area contributed by atoms with Gasteiger partial charge in [0.15, 0.2) is 0 Å². The van der Waals surface area contributed by atoms with Gasteiger partial charge in [0.25, 0.3) is 0 Å². The number of nitrogens with one attached hydrogen (secondary N) is 1. The van der Waals surface area contributed by atoms with Gasteiger partial charge in [0, 0.05) is 31.0 Å². The lowest BCUT2D eigenvalue weighted by atomic mass is 9.95. The van der Waals surface area contributed by atoms with Crippen LogP contribution in [0.4, 0.5) is 0 Å². The Balaban J connectivity index is 1.77. The number of hydrogen-bond acceptors (Lipinski definition) is 4. The quantitative estimate of drug-likeness (QED) is 0.866. The smallest absolute Gasteiger partial charge is 0.326 e. The van der Waals surface area contributed by atoms with Gasteiger partial charge in [-0.1, -0.05) is 17.7 Å². The van der Waals surface area contributed by atoms with Crippen LogP contribution in [0.25, 0.3) is 0 Å². The predicted octanol–water partition coefficient (Wildman–Crippen LogP) is 2.12. The van der Waals surface area contributed by atoms with E-state index >= 15 is 0 Å². The van der Waals surface area contributed by atoms with E-state index in [4.69, 9.17) is 21.1 Å². The Hall–Kier alpha value is -1.10. The second kappa shape index (κ2) is 5.95. The van der Waals surface area contributed by atoms with Crippen LogP contribution in [0.3, 0.4) is 0 Å². The third-order valence-corrected chi connectivity index (χ3v) is 4.66. The fraction of sp³-hybridized carbons (Fsp3) is 0.562. The Labute approximate surface area is 129 Å². The molecule has 1 aromatic rings. The zero-order valence-corrected chi connectivity index (χ0v) is 12.9. The second-order valence-electron chi connectivity index (χ2n) is 5.86. The molecule has 114 valence electrons. The molecule has 2 atom stereocenters. The zero-order valence-electron chi connectivity index (χ0n) is 12.2. The highest BCUT2D eigenvalue weighted by atomic mass is 35.5. The van der Waals surface area contributed by atoms with Crippen molar-refractivity contribution in [1.82, 2.24) is 5.32 Å². The average Bonchev–Trinajstić information content (AvgIpc) is 3.11. The van der Waals surface area contributed by atoms with Crippen LogP contribution < -0.4 is 5.32 Å². The summed E-state index contributed by atoms with van der Waals surface area (Å²) in [5, 5.41) is 4.11. The first-order valence-corrected chi connectivity index (χ1v) is 7.73. The minimum absolute atomic E-state index is 0.193. The molecule has 1 aliphatic heterocycles. The van der Waals surface area contributed by atoms with Gasteiger partial charge < -0.3 is 9.47 Å². The zero-order chi connectivity index (χ0) is 14.9. The van der Waals surface area contributed by atoms with Gasteiger partial charge in [0.2, 0.25) is 0 Å². The van der Waals surface area contributed by atoms with Crippen LogP contribution in [0.5, 0.6) is 0 Å². The molecular formula is C16H20ClNO3. The fourth-order valence-corrected chi connectivity index (χ4v) is 3.49. The third kappa shape index (κ3) is 2.93. The van der Waals surface area contributed by atoms with E-state index in [1.165, 1.54) is 7.11 Å². The van der Waals surface area contributed by atoms with Crippen LogP contribution in [0.2, 0.25) is 5.02 Å². The summed E-state index contributed by atoms with van der Waals surface area (Å²) in [5.74, 6) is -0.215. The molecule has 4 nitrogen and oxygen atoms in total. The number of methoxy groups -OCH3 is 1. The van der Waals surface area contributed by atoms with Crippen molar-refractivity contribution in [3.05, 3.63) is 34.3 Å². The van der Waals surface area contributed by atoms with Crippen LogP contribution >= 0.6 is 11.6 Å². The summed E-state index contributed by atoms with van der Waals surface area (Å²) in [6, 6.07) is 5.80. The molecule has 5 heteroatoms. The Kier molecular flexibility index (Phi) is 4.20. The number of ether oxygens (including phenoxy) is 2. The van der Waals surface area contributed by atoms with Crippen molar-refractivity contribution < 1.29 is 14.3 Å². The molecule has 1 aliphatic carbocycles. The lowest BCUT2D eigenvalue weighted by molar-refractivity contribution is -0.148. The maximum Gasteiger partial charge on any atom is 0.326 e. The highest BCUT2D eigenvalue weighted by Gasteiger charge is 2.45. The third-order valence-electron chi connectivity index (χ3n) is 4.42. The van der Waals surface area contributed by atoms with Crippen molar-refractivity contribution in [3.63, 3.8) is 0 Å². The summed E-state index contributed by atoms with van der Waals surface area (Å²) >= 11 is 6.05. The number of rotatable bonds is 4. The molecule has 0 bridgehead atoms. The van der Waals surface area contributed by atoms with Gasteiger partial charge in [-0.3, -0.25) is 10.1 Å². The predicted molar refractivity (Wildman–Crippen MR) is 80.6 cm³/mol. The van der Waals surface area contributed by atoms with Crippen molar-refractivity contribution in [2.45, 2.75) is 37.3 Å². The molecule has 0 amide bonds. The van der Waals surface area contributed by atoms with E-state index < -0.39 is 5.54 Å². The molecule has 2 unspecified atom stereocenters. The first kappa shape index (κ1) is 14.8. The number of hydrogen-bond donors (Lipinski definition) is 1. The van der Waals surface area contributed by atoms with E-state index in [0.29, 0.717) is 24.4 Å². The van der Waals surface area contributed by atoms with E-state index in [1.807, 2.05) is 18.2 Å². The van der Waals surface area contributed by atoms with Crippen LogP contribution in [0.1, 0.15) is 24.0 Å². The first-order valence-electron chi connectivity index (χ1n) is 7.35. The molecule has 0 saturated carbocycles. The maximum absolute atomic E-state index is 12.3. The lowest BCUT2D eigenvalue weighted by Gasteiger charge is -2.28. The molecule has 1 N–H and O–H groups in total. The van der Waals surface area contributed by atoms with Crippen molar-refractivity contribution in [1.29, 1.82) is 0 Å². The van der Waals surface area contributed by atoms with Crippen molar-refractivity contribution in [2.75, 3.05) is 20.3 Å². The molecule has 1 saturated heterocycles. The first-order chi connectivity index (χ1) is 10.1. The van der Waals surface area contributed by atoms with Gasteiger partial charge >= 0.3 is 5.97 Å². The van der Waals surface area contributed by atoms with Crippen molar-refractivity contribution in [3.8, 4) is 0 Å². The highest BCUT2D eigenvalue weighted by Crippen LogP contribution is 2.33. The molecule has 0 radical (unpaired) electrons. The second-order valence-corrected chi connectivity index (χ2v) is 6.29. The largest absolute Gasteiger partial charge is 0.468 e. The Morgan fingerprint density at radius 1 is 1.48 bits per heavy atom. The van der Waals surface area contributed by atoms with Gasteiger partial charge in [0.05, 0.1) is 13.2 Å². The maximum atomic E-state index is 12.3. The minimum Gasteiger partial charge on any atom is -0.468 e. The topological polar surface area (TPSA) is 47.6 Å². The average molecular weight is 310 g/mol. The van der Waals surface area contributed by atoms with Gasteiger partial charge in [-0.15, -0.1) is 0 Å². The van der Waals surface area contributed by atoms with E-state index in [9.17, 15) is 4.79 Å². The van der Waals surface area contributed by atoms with E-state index in [2.05, 4.69) is 5.32 Å². The molecule has 1 fully saturated rings. The number of fused-ring (bicyclic) bond motifs is 1. The molecule has 0 aromatic heterocycles. The summed E-state index contributed by atoms with van der Waals surface area (Å²) in [7, 11) is 1.44. The van der Waals surface area contributed by atoms with Crippen molar-refractivity contribution >= 4 is 17.6 Å². The number of halogens is 1. The Morgan fingerprint density at radius 3 is 3.00 bits per heavy atom. The van der Waals surface area contributed by atoms with E-state index in [0.717, 1.165) is 30.6 Å². The van der Waals surface area contributed by atoms with Crippen LogP contribution in [-0.4, -0.2) is 37.9 Å². The lowest BCUT2D eigenvalue weighted by Crippen LogP contribution is -2.55. The Bertz CT molecular complexity index is 542. The van der Waals surface area contributed by atoms with Gasteiger partial charge in [-0.2, -0.15) is 0 Å². The molecule has 1 aromatic carbocycles. The number of carbonyl (C=O) groups excluding carboxylic acids is 1. The van der Waals surface area contributed by atoms with Crippen molar-refractivity contribution in [2.24, 2.45) is 0 Å². The summed E-state index contributed by atoms with van der Waals surface area (Å²) in [6.07, 6.45) is 3.58. The van der Waals surface area contributed by atoms with E-state index in [1.54, 1.807) is 0 Å². The highest BCUT2D eigenvalue weighted by molar-refractivity contribution is 6.30. The number of benzene rings is 1. The normalized spacial score (nSPS) is 27.6. The monoisotopic (exact) mass is 309 g/mol. The van der Waals surface area contributed by atoms with Gasteiger partial charge in [0.1, 0.15) is 5.54 Å². The van der Waals surface area contributed by atoms with Crippen LogP contribution in [0, 0.1) is 0 Å². The molecule has 0 spiro atoms.